The molecule has 2 aromatic rings. The van der Waals surface area contributed by atoms with Gasteiger partial charge in [0.25, 0.3) is 0 Å². The molecule has 0 amide bonds. The molecule has 1 aromatic carbocycles. The number of nitrogens with zero attached hydrogens (tertiary/aromatic N) is 1. The maximum atomic E-state index is 10.2. The largest absolute Gasteiger partial charge is 0.392 e. The first-order valence-electron chi connectivity index (χ1n) is 8.01. The first-order chi connectivity index (χ1) is 10.1. The van der Waals surface area contributed by atoms with Gasteiger partial charge in [-0.2, -0.15) is 0 Å². The van der Waals surface area contributed by atoms with Crippen LogP contribution in [-0.4, -0.2) is 22.3 Å². The number of aryl methyl sites for hydroxylation is 2. The second kappa shape index (κ2) is 7.10. The van der Waals surface area contributed by atoms with Crippen LogP contribution in [0.5, 0.6) is 0 Å². The second-order valence-corrected chi connectivity index (χ2v) is 5.92. The lowest BCUT2D eigenvalue weighted by Crippen LogP contribution is -2.32. The molecule has 3 nitrogen and oxygen atoms in total. The van der Waals surface area contributed by atoms with Crippen molar-refractivity contribution >= 4 is 10.9 Å². The fourth-order valence-electron chi connectivity index (χ4n) is 3.22. The van der Waals surface area contributed by atoms with E-state index in [2.05, 4.69) is 62.0 Å². The van der Waals surface area contributed by atoms with Crippen LogP contribution in [0.15, 0.2) is 24.3 Å². The molecule has 0 aliphatic rings. The van der Waals surface area contributed by atoms with E-state index in [0.29, 0.717) is 12.5 Å². The smallest absolute Gasteiger partial charge is 0.0692 e. The number of fused-ring (bicyclic) bond motifs is 1. The van der Waals surface area contributed by atoms with Crippen molar-refractivity contribution in [3.8, 4) is 0 Å². The van der Waals surface area contributed by atoms with Gasteiger partial charge in [0, 0.05) is 36.7 Å². The zero-order valence-electron chi connectivity index (χ0n) is 13.7. The lowest BCUT2D eigenvalue weighted by molar-refractivity contribution is 0.101. The maximum absolute atomic E-state index is 10.2. The molecule has 0 fully saturated rings. The summed E-state index contributed by atoms with van der Waals surface area (Å²) < 4.78 is 2.25. The third-order valence-electron chi connectivity index (χ3n) is 4.75. The lowest BCUT2D eigenvalue weighted by Gasteiger charge is -2.20. The molecule has 1 unspecified atom stereocenters. The van der Waals surface area contributed by atoms with Gasteiger partial charge < -0.3 is 15.0 Å². The Morgan fingerprint density at radius 2 is 1.86 bits per heavy atom. The van der Waals surface area contributed by atoms with E-state index in [1.165, 1.54) is 22.2 Å². The van der Waals surface area contributed by atoms with Gasteiger partial charge in [-0.3, -0.25) is 0 Å². The Morgan fingerprint density at radius 3 is 2.48 bits per heavy atom. The van der Waals surface area contributed by atoms with Crippen LogP contribution in [-0.2, 0) is 13.6 Å². The molecule has 2 rings (SSSR count). The summed E-state index contributed by atoms with van der Waals surface area (Å²) in [6.07, 6.45) is 1.81. The monoisotopic (exact) mass is 288 g/mol. The SMILES string of the molecule is CCC(CC)C(O)CNCc1c(C)c2ccccc2n1C. The van der Waals surface area contributed by atoms with E-state index in [1.54, 1.807) is 0 Å². The number of benzene rings is 1. The van der Waals surface area contributed by atoms with Gasteiger partial charge in [0.2, 0.25) is 0 Å². The van der Waals surface area contributed by atoms with Crippen LogP contribution < -0.4 is 5.32 Å². The van der Waals surface area contributed by atoms with Gasteiger partial charge in [-0.05, 0) is 24.5 Å². The molecule has 21 heavy (non-hydrogen) atoms. The number of hydrogen-bond acceptors (Lipinski definition) is 2. The van der Waals surface area contributed by atoms with Crippen LogP contribution in [0.4, 0.5) is 0 Å². The van der Waals surface area contributed by atoms with Gasteiger partial charge in [-0.1, -0.05) is 44.9 Å². The maximum Gasteiger partial charge on any atom is 0.0692 e. The molecule has 2 N–H and O–H groups in total. The Morgan fingerprint density at radius 1 is 1.19 bits per heavy atom. The summed E-state index contributed by atoms with van der Waals surface area (Å²) in [6, 6.07) is 8.50. The van der Waals surface area contributed by atoms with Crippen molar-refractivity contribution in [3.63, 3.8) is 0 Å². The summed E-state index contributed by atoms with van der Waals surface area (Å²) >= 11 is 0. The molecule has 1 aromatic heterocycles. The molecule has 1 atom stereocenters. The van der Waals surface area contributed by atoms with Gasteiger partial charge in [0.15, 0.2) is 0 Å². The molecule has 0 spiro atoms. The van der Waals surface area contributed by atoms with Gasteiger partial charge >= 0.3 is 0 Å². The average Bonchev–Trinajstić information content (AvgIpc) is 2.74. The molecule has 0 saturated carbocycles. The van der Waals surface area contributed by atoms with Crippen molar-refractivity contribution in [1.29, 1.82) is 0 Å². The number of aliphatic hydroxyl groups is 1. The Hall–Kier alpha value is -1.32. The Kier molecular flexibility index (Phi) is 5.43. The number of aliphatic hydroxyl groups excluding tert-OH is 1. The fraction of sp³-hybridized carbons (Fsp3) is 0.556. The normalized spacial score (nSPS) is 13.2. The first kappa shape index (κ1) is 16.1. The zero-order valence-corrected chi connectivity index (χ0v) is 13.7. The molecule has 1 heterocycles. The van der Waals surface area contributed by atoms with Crippen LogP contribution in [0.25, 0.3) is 10.9 Å². The minimum absolute atomic E-state index is 0.255. The molecule has 0 saturated heterocycles. The Labute approximate surface area is 128 Å². The first-order valence-corrected chi connectivity index (χ1v) is 8.01. The van der Waals surface area contributed by atoms with Crippen molar-refractivity contribution < 1.29 is 5.11 Å². The quantitative estimate of drug-likeness (QED) is 0.819. The van der Waals surface area contributed by atoms with E-state index in [9.17, 15) is 5.11 Å². The highest BCUT2D eigenvalue weighted by Crippen LogP contribution is 2.24. The molecule has 0 bridgehead atoms. The molecule has 0 radical (unpaired) electrons. The minimum atomic E-state index is -0.255. The summed E-state index contributed by atoms with van der Waals surface area (Å²) in [5.74, 6) is 0.395. The van der Waals surface area contributed by atoms with Gasteiger partial charge in [0.1, 0.15) is 0 Å². The minimum Gasteiger partial charge on any atom is -0.392 e. The highest BCUT2D eigenvalue weighted by atomic mass is 16.3. The van der Waals surface area contributed by atoms with Crippen LogP contribution in [0.3, 0.4) is 0 Å². The molecular formula is C18H28N2O. The Balaban J connectivity index is 2.04. The van der Waals surface area contributed by atoms with Crippen molar-refractivity contribution in [2.75, 3.05) is 6.54 Å². The molecular weight excluding hydrogens is 260 g/mol. The third-order valence-corrected chi connectivity index (χ3v) is 4.75. The van der Waals surface area contributed by atoms with E-state index in [0.717, 1.165) is 19.4 Å². The molecule has 116 valence electrons. The van der Waals surface area contributed by atoms with Crippen LogP contribution in [0.2, 0.25) is 0 Å². The highest BCUT2D eigenvalue weighted by Gasteiger charge is 2.16. The fourth-order valence-corrected chi connectivity index (χ4v) is 3.22. The number of rotatable bonds is 7. The van der Waals surface area contributed by atoms with Gasteiger partial charge in [-0.15, -0.1) is 0 Å². The summed E-state index contributed by atoms with van der Waals surface area (Å²) in [6.45, 7) is 7.93. The molecule has 0 aliphatic carbocycles. The molecule has 0 aliphatic heterocycles. The van der Waals surface area contributed by atoms with E-state index in [1.807, 2.05) is 0 Å². The number of aromatic nitrogens is 1. The summed E-state index contributed by atoms with van der Waals surface area (Å²) in [4.78, 5) is 0. The van der Waals surface area contributed by atoms with Crippen LogP contribution in [0.1, 0.15) is 37.9 Å². The van der Waals surface area contributed by atoms with Crippen molar-refractivity contribution in [3.05, 3.63) is 35.5 Å². The number of para-hydroxylation sites is 1. The lowest BCUT2D eigenvalue weighted by atomic mass is 9.96. The molecule has 3 heteroatoms. The highest BCUT2D eigenvalue weighted by molar-refractivity contribution is 5.85. The second-order valence-electron chi connectivity index (χ2n) is 5.92. The van der Waals surface area contributed by atoms with Gasteiger partial charge in [0.05, 0.1) is 6.10 Å². The van der Waals surface area contributed by atoms with Crippen LogP contribution >= 0.6 is 0 Å². The Bertz CT molecular complexity index is 545. The predicted molar refractivity (Wildman–Crippen MR) is 89.4 cm³/mol. The third kappa shape index (κ3) is 3.30. The zero-order chi connectivity index (χ0) is 15.4. The summed E-state index contributed by atoms with van der Waals surface area (Å²) in [5.41, 5.74) is 3.90. The number of hydrogen-bond donors (Lipinski definition) is 2. The van der Waals surface area contributed by atoms with Crippen LogP contribution in [0, 0.1) is 12.8 Å². The standard InChI is InChI=1S/C18H28N2O/c1-5-14(6-2)18(21)12-19-11-17-13(3)15-9-7-8-10-16(15)20(17)4/h7-10,14,18-19,21H,5-6,11-12H2,1-4H3. The van der Waals surface area contributed by atoms with Crippen molar-refractivity contribution in [1.82, 2.24) is 9.88 Å². The predicted octanol–water partition coefficient (Wildman–Crippen LogP) is 3.37. The van der Waals surface area contributed by atoms with E-state index >= 15 is 0 Å². The van der Waals surface area contributed by atoms with Gasteiger partial charge in [-0.25, -0.2) is 0 Å². The summed E-state index contributed by atoms with van der Waals surface area (Å²) in [5, 5.41) is 14.9. The van der Waals surface area contributed by atoms with E-state index < -0.39 is 0 Å². The average molecular weight is 288 g/mol. The van der Waals surface area contributed by atoms with E-state index in [-0.39, 0.29) is 6.10 Å². The summed E-state index contributed by atoms with van der Waals surface area (Å²) in [7, 11) is 2.11. The van der Waals surface area contributed by atoms with Crippen molar-refractivity contribution in [2.24, 2.45) is 13.0 Å². The topological polar surface area (TPSA) is 37.2 Å². The van der Waals surface area contributed by atoms with E-state index in [4.69, 9.17) is 0 Å². The van der Waals surface area contributed by atoms with Crippen molar-refractivity contribution in [2.45, 2.75) is 46.3 Å². The number of nitrogens with one attached hydrogen (secondary N) is 1.